The van der Waals surface area contributed by atoms with Gasteiger partial charge in [-0.1, -0.05) is 17.5 Å². The Morgan fingerprint density at radius 2 is 2.17 bits per heavy atom. The fraction of sp³-hybridized carbons (Fsp3) is 0.167. The Bertz CT molecular complexity index is 523. The van der Waals surface area contributed by atoms with E-state index in [2.05, 4.69) is 16.6 Å². The van der Waals surface area contributed by atoms with Gasteiger partial charge in [-0.3, -0.25) is 0 Å². The Balaban J connectivity index is 2.88. The number of hydrogen-bond donors (Lipinski definition) is 3. The maximum absolute atomic E-state index is 11.5. The molecule has 0 saturated heterocycles. The maximum Gasteiger partial charge on any atom is 0.337 e. The van der Waals surface area contributed by atoms with Gasteiger partial charge in [-0.25, -0.2) is 9.59 Å². The van der Waals surface area contributed by atoms with E-state index in [9.17, 15) is 9.59 Å². The molecule has 0 aromatic heterocycles. The van der Waals surface area contributed by atoms with Crippen LogP contribution < -0.4 is 10.6 Å². The number of carbonyl (C=O) groups is 2. The van der Waals surface area contributed by atoms with E-state index >= 15 is 0 Å². The average molecular weight is 267 g/mol. The van der Waals surface area contributed by atoms with Crippen LogP contribution in [0.3, 0.4) is 0 Å². The molecule has 0 aliphatic rings. The Hall–Kier alpha value is -2.19. The monoisotopic (exact) mass is 266 g/mol. The van der Waals surface area contributed by atoms with Crippen LogP contribution in [-0.2, 0) is 0 Å². The van der Waals surface area contributed by atoms with E-state index in [1.165, 1.54) is 18.2 Å². The lowest BCUT2D eigenvalue weighted by atomic mass is 10.2. The van der Waals surface area contributed by atoms with Gasteiger partial charge in [-0.15, -0.1) is 6.42 Å². The van der Waals surface area contributed by atoms with Gasteiger partial charge in [0.25, 0.3) is 0 Å². The van der Waals surface area contributed by atoms with Crippen LogP contribution in [0.5, 0.6) is 0 Å². The fourth-order valence-corrected chi connectivity index (χ4v) is 1.37. The highest BCUT2D eigenvalue weighted by Crippen LogP contribution is 2.20. The van der Waals surface area contributed by atoms with Gasteiger partial charge in [0.1, 0.15) is 0 Å². The zero-order valence-electron chi connectivity index (χ0n) is 9.53. The predicted molar refractivity (Wildman–Crippen MR) is 68.9 cm³/mol. The molecule has 0 aliphatic carbocycles. The number of amides is 2. The second-order valence-electron chi connectivity index (χ2n) is 3.48. The van der Waals surface area contributed by atoms with Crippen LogP contribution in [0.1, 0.15) is 17.3 Å². The number of carboxylic acids is 1. The Morgan fingerprint density at radius 1 is 1.50 bits per heavy atom. The van der Waals surface area contributed by atoms with Crippen LogP contribution in [-0.4, -0.2) is 23.1 Å². The van der Waals surface area contributed by atoms with Crippen molar-refractivity contribution in [3.8, 4) is 12.3 Å². The number of terminal acetylenes is 1. The molecule has 0 bridgehead atoms. The van der Waals surface area contributed by atoms with E-state index in [0.29, 0.717) is 0 Å². The Labute approximate surface area is 109 Å². The summed E-state index contributed by atoms with van der Waals surface area (Å²) in [4.78, 5) is 22.5. The summed E-state index contributed by atoms with van der Waals surface area (Å²) in [6.45, 7) is 1.62. The summed E-state index contributed by atoms with van der Waals surface area (Å²) < 4.78 is 0. The SMILES string of the molecule is C#CC(C)NC(=O)Nc1ccc(Cl)cc1C(=O)O. The van der Waals surface area contributed by atoms with E-state index in [4.69, 9.17) is 23.1 Å². The molecule has 94 valence electrons. The second-order valence-corrected chi connectivity index (χ2v) is 3.92. The highest BCUT2D eigenvalue weighted by atomic mass is 35.5. The summed E-state index contributed by atoms with van der Waals surface area (Å²) >= 11 is 5.69. The van der Waals surface area contributed by atoms with Crippen molar-refractivity contribution in [2.24, 2.45) is 0 Å². The first kappa shape index (κ1) is 13.9. The van der Waals surface area contributed by atoms with Crippen LogP contribution >= 0.6 is 11.6 Å². The summed E-state index contributed by atoms with van der Waals surface area (Å²) in [5, 5.41) is 14.1. The van der Waals surface area contributed by atoms with Gasteiger partial charge in [-0.2, -0.15) is 0 Å². The minimum Gasteiger partial charge on any atom is -0.478 e. The highest BCUT2D eigenvalue weighted by molar-refractivity contribution is 6.31. The first-order valence-corrected chi connectivity index (χ1v) is 5.38. The topological polar surface area (TPSA) is 78.4 Å². The van der Waals surface area contributed by atoms with Crippen molar-refractivity contribution in [2.75, 3.05) is 5.32 Å². The van der Waals surface area contributed by atoms with Crippen molar-refractivity contribution in [1.29, 1.82) is 0 Å². The lowest BCUT2D eigenvalue weighted by Gasteiger charge is -2.11. The summed E-state index contributed by atoms with van der Waals surface area (Å²) in [5.41, 5.74) is 0.0552. The maximum atomic E-state index is 11.5. The van der Waals surface area contributed by atoms with Gasteiger partial charge in [0.15, 0.2) is 0 Å². The number of aromatic carboxylic acids is 1. The van der Waals surface area contributed by atoms with Crippen LogP contribution in [0.4, 0.5) is 10.5 Å². The second kappa shape index (κ2) is 5.94. The van der Waals surface area contributed by atoms with Crippen molar-refractivity contribution < 1.29 is 14.7 Å². The first-order chi connectivity index (χ1) is 8.43. The summed E-state index contributed by atoms with van der Waals surface area (Å²) in [6, 6.07) is 3.11. The van der Waals surface area contributed by atoms with E-state index in [1.54, 1.807) is 6.92 Å². The minimum absolute atomic E-state index is 0.0917. The van der Waals surface area contributed by atoms with E-state index < -0.39 is 18.0 Å². The first-order valence-electron chi connectivity index (χ1n) is 5.00. The number of rotatable bonds is 3. The molecule has 5 nitrogen and oxygen atoms in total. The fourth-order valence-electron chi connectivity index (χ4n) is 1.20. The number of benzene rings is 1. The molecule has 1 aromatic carbocycles. The summed E-state index contributed by atoms with van der Waals surface area (Å²) in [6.07, 6.45) is 5.11. The standard InChI is InChI=1S/C12H11ClN2O3/c1-3-7(2)14-12(18)15-10-5-4-8(13)6-9(10)11(16)17/h1,4-7H,2H3,(H,16,17)(H2,14,15,18). The minimum atomic E-state index is -1.18. The van der Waals surface area contributed by atoms with E-state index in [1.807, 2.05) is 0 Å². The molecule has 0 fully saturated rings. The van der Waals surface area contributed by atoms with E-state index in [-0.39, 0.29) is 16.3 Å². The highest BCUT2D eigenvalue weighted by Gasteiger charge is 2.13. The van der Waals surface area contributed by atoms with Gasteiger partial charge in [-0.05, 0) is 25.1 Å². The Kier molecular flexibility index (Phi) is 4.58. The molecular formula is C12H11ClN2O3. The molecule has 0 aliphatic heterocycles. The molecule has 0 heterocycles. The zero-order chi connectivity index (χ0) is 13.7. The van der Waals surface area contributed by atoms with Crippen LogP contribution in [0.15, 0.2) is 18.2 Å². The third-order valence-electron chi connectivity index (χ3n) is 2.06. The number of carboxylic acid groups (broad SMARTS) is 1. The molecule has 2 amide bonds. The van der Waals surface area contributed by atoms with E-state index in [0.717, 1.165) is 0 Å². The lowest BCUT2D eigenvalue weighted by Crippen LogP contribution is -2.35. The molecule has 1 atom stereocenters. The van der Waals surface area contributed by atoms with Gasteiger partial charge >= 0.3 is 12.0 Å². The number of nitrogens with one attached hydrogen (secondary N) is 2. The molecule has 1 unspecified atom stereocenters. The van der Waals surface area contributed by atoms with Gasteiger partial charge < -0.3 is 15.7 Å². The molecular weight excluding hydrogens is 256 g/mol. The van der Waals surface area contributed by atoms with Crippen molar-refractivity contribution in [3.05, 3.63) is 28.8 Å². The predicted octanol–water partition coefficient (Wildman–Crippen LogP) is 2.18. The number of halogens is 1. The van der Waals surface area contributed by atoms with Crippen molar-refractivity contribution in [1.82, 2.24) is 5.32 Å². The third-order valence-corrected chi connectivity index (χ3v) is 2.29. The average Bonchev–Trinajstić information content (AvgIpc) is 2.30. The molecule has 1 aromatic rings. The van der Waals surface area contributed by atoms with Crippen molar-refractivity contribution in [3.63, 3.8) is 0 Å². The molecule has 0 spiro atoms. The van der Waals surface area contributed by atoms with Crippen molar-refractivity contribution in [2.45, 2.75) is 13.0 Å². The lowest BCUT2D eigenvalue weighted by molar-refractivity contribution is 0.0698. The molecule has 0 radical (unpaired) electrons. The normalized spacial score (nSPS) is 11.2. The molecule has 3 N–H and O–H groups in total. The molecule has 6 heteroatoms. The zero-order valence-corrected chi connectivity index (χ0v) is 10.3. The van der Waals surface area contributed by atoms with Gasteiger partial charge in [0.2, 0.25) is 0 Å². The molecule has 0 saturated carbocycles. The van der Waals surface area contributed by atoms with Gasteiger partial charge in [0, 0.05) is 5.02 Å². The van der Waals surface area contributed by atoms with Crippen LogP contribution in [0.25, 0.3) is 0 Å². The molecule has 18 heavy (non-hydrogen) atoms. The van der Waals surface area contributed by atoms with Crippen molar-refractivity contribution >= 4 is 29.3 Å². The largest absolute Gasteiger partial charge is 0.478 e. The van der Waals surface area contributed by atoms with Crippen LogP contribution in [0.2, 0.25) is 5.02 Å². The van der Waals surface area contributed by atoms with Crippen LogP contribution in [0, 0.1) is 12.3 Å². The quantitative estimate of drug-likeness (QED) is 0.734. The number of hydrogen-bond acceptors (Lipinski definition) is 2. The number of anilines is 1. The third kappa shape index (κ3) is 3.68. The van der Waals surface area contributed by atoms with Gasteiger partial charge in [0.05, 0.1) is 17.3 Å². The summed E-state index contributed by atoms with van der Waals surface area (Å²) in [5.74, 6) is 1.14. The molecule has 1 rings (SSSR count). The Morgan fingerprint density at radius 3 is 2.72 bits per heavy atom. The number of carbonyl (C=O) groups excluding carboxylic acids is 1. The smallest absolute Gasteiger partial charge is 0.337 e. The summed E-state index contributed by atoms with van der Waals surface area (Å²) in [7, 11) is 0. The number of urea groups is 1.